The fourth-order valence-corrected chi connectivity index (χ4v) is 0.448. The van der Waals surface area contributed by atoms with Gasteiger partial charge in [0.15, 0.2) is 0 Å². The van der Waals surface area contributed by atoms with Crippen molar-refractivity contribution in [3.8, 4) is 0 Å². The summed E-state index contributed by atoms with van der Waals surface area (Å²) in [5.41, 5.74) is 0.663. The van der Waals surface area contributed by atoms with E-state index >= 15 is 0 Å². The molecule has 0 saturated heterocycles. The number of hydrogen-bond acceptors (Lipinski definition) is 1. The van der Waals surface area contributed by atoms with Crippen LogP contribution in [0.4, 0.5) is 0 Å². The number of nitrogens with one attached hydrogen (secondary N) is 1. The standard InChI is InChI=1S/C6H6NO.C3H7.C2H6.Y/c1-5-3-2-4-7-6(5)8;1-3-2;1-2;/h2-3H,1H3,(H,7,8);3H,1-2H3;1-2H3;/q2*-1;;. The molecule has 0 aliphatic carbocycles. The Labute approximate surface area is 112 Å². The van der Waals surface area contributed by atoms with Crippen LogP contribution in [0.3, 0.4) is 0 Å². The maximum absolute atomic E-state index is 10.5. The third-order valence-electron chi connectivity index (χ3n) is 0.961. The Kier molecular flexibility index (Phi) is 21.7. The molecular weight excluding hydrogens is 251 g/mol. The minimum Gasteiger partial charge on any atom is -0.437 e. The van der Waals surface area contributed by atoms with Gasteiger partial charge in [-0.1, -0.05) is 26.3 Å². The van der Waals surface area contributed by atoms with Crippen molar-refractivity contribution in [2.24, 2.45) is 0 Å². The van der Waals surface area contributed by atoms with Crippen LogP contribution in [0.2, 0.25) is 0 Å². The van der Waals surface area contributed by atoms with Crippen LogP contribution in [0, 0.1) is 19.5 Å². The molecule has 1 rings (SSSR count). The minimum absolute atomic E-state index is 0. The summed E-state index contributed by atoms with van der Waals surface area (Å²) >= 11 is 0. The predicted octanol–water partition coefficient (Wildman–Crippen LogP) is 2.74. The first-order valence-corrected chi connectivity index (χ1v) is 4.52. The summed E-state index contributed by atoms with van der Waals surface area (Å²) in [6.45, 7) is 9.76. The first-order chi connectivity index (χ1) is 6.22. The Morgan fingerprint density at radius 1 is 1.36 bits per heavy atom. The fraction of sp³-hybridized carbons (Fsp3) is 0.455. The number of H-pyrrole nitrogens is 1. The van der Waals surface area contributed by atoms with Crippen LogP contribution in [0.5, 0.6) is 0 Å². The van der Waals surface area contributed by atoms with Crippen LogP contribution in [0.1, 0.15) is 33.3 Å². The van der Waals surface area contributed by atoms with Gasteiger partial charge in [-0.25, -0.2) is 0 Å². The summed E-state index contributed by atoms with van der Waals surface area (Å²) < 4.78 is 0. The van der Waals surface area contributed by atoms with Crippen molar-refractivity contribution in [2.45, 2.75) is 34.6 Å². The van der Waals surface area contributed by atoms with E-state index < -0.39 is 0 Å². The normalized spacial score (nSPS) is 6.93. The second-order valence-electron chi connectivity index (χ2n) is 2.19. The molecule has 0 aliphatic heterocycles. The first-order valence-electron chi connectivity index (χ1n) is 4.52. The molecule has 1 heterocycles. The van der Waals surface area contributed by atoms with Crippen LogP contribution in [-0.4, -0.2) is 4.98 Å². The van der Waals surface area contributed by atoms with Gasteiger partial charge in [-0.05, 0) is 0 Å². The Morgan fingerprint density at radius 2 is 1.79 bits per heavy atom. The number of aromatic nitrogens is 1. The SMILES string of the molecule is CC.C[CH-]C.Cc1cc[c-][nH]c1=O.[Y]. The summed E-state index contributed by atoms with van der Waals surface area (Å²) in [6, 6.07) is 3.40. The van der Waals surface area contributed by atoms with Crippen molar-refractivity contribution in [3.05, 3.63) is 40.7 Å². The average Bonchev–Trinajstić information content (AvgIpc) is 2.15. The van der Waals surface area contributed by atoms with Gasteiger partial charge < -0.3 is 16.2 Å². The number of rotatable bonds is 0. The molecule has 0 amide bonds. The number of pyridine rings is 1. The zero-order valence-corrected chi connectivity index (χ0v) is 12.6. The third kappa shape index (κ3) is 12.1. The minimum atomic E-state index is -0.0625. The molecule has 0 atom stereocenters. The zero-order chi connectivity index (χ0) is 10.7. The summed E-state index contributed by atoms with van der Waals surface area (Å²) in [7, 11) is 0. The Hall–Kier alpha value is 0.0539. The number of hydrogen-bond donors (Lipinski definition) is 1. The third-order valence-corrected chi connectivity index (χ3v) is 0.961. The van der Waals surface area contributed by atoms with E-state index in [1.807, 2.05) is 34.1 Å². The fourth-order valence-electron chi connectivity index (χ4n) is 0.448. The molecule has 0 unspecified atom stereocenters. The molecule has 0 saturated carbocycles. The van der Waals surface area contributed by atoms with Gasteiger partial charge in [-0.3, -0.25) is 0 Å². The topological polar surface area (TPSA) is 32.9 Å². The van der Waals surface area contributed by atoms with Crippen LogP contribution in [0.25, 0.3) is 0 Å². The van der Waals surface area contributed by atoms with E-state index in [0.29, 0.717) is 0 Å². The zero-order valence-electron chi connectivity index (χ0n) is 9.72. The molecule has 0 spiro atoms. The molecule has 79 valence electrons. The number of aryl methyl sites for hydroxylation is 1. The molecule has 1 aromatic rings. The van der Waals surface area contributed by atoms with Gasteiger partial charge in [0, 0.05) is 32.7 Å². The van der Waals surface area contributed by atoms with Crippen molar-refractivity contribution in [2.75, 3.05) is 0 Å². The van der Waals surface area contributed by atoms with E-state index in [-0.39, 0.29) is 38.3 Å². The summed E-state index contributed by atoms with van der Waals surface area (Å²) in [5.74, 6) is 0. The molecule has 1 aromatic heterocycles. The van der Waals surface area contributed by atoms with E-state index in [0.717, 1.165) is 5.56 Å². The largest absolute Gasteiger partial charge is 0.437 e. The first kappa shape index (κ1) is 19.6. The van der Waals surface area contributed by atoms with Gasteiger partial charge in [-0.2, -0.15) is 26.0 Å². The van der Waals surface area contributed by atoms with Crippen molar-refractivity contribution >= 4 is 0 Å². The molecule has 0 aliphatic rings. The second kappa shape index (κ2) is 15.5. The van der Waals surface area contributed by atoms with Crippen LogP contribution >= 0.6 is 0 Å². The van der Waals surface area contributed by atoms with Gasteiger partial charge in [0.1, 0.15) is 5.56 Å². The predicted molar refractivity (Wildman–Crippen MR) is 57.6 cm³/mol. The molecule has 14 heavy (non-hydrogen) atoms. The van der Waals surface area contributed by atoms with E-state index in [1.54, 1.807) is 19.1 Å². The van der Waals surface area contributed by atoms with E-state index in [1.165, 1.54) is 0 Å². The maximum atomic E-state index is 10.5. The number of aromatic amines is 1. The van der Waals surface area contributed by atoms with Gasteiger partial charge in [0.25, 0.3) is 0 Å². The monoisotopic (exact) mass is 270 g/mol. The molecular formula is C11H19NOY-2. The van der Waals surface area contributed by atoms with Crippen LogP contribution in [-0.2, 0) is 32.7 Å². The molecule has 0 aromatic carbocycles. The smallest absolute Gasteiger partial charge is 0.136 e. The van der Waals surface area contributed by atoms with Gasteiger partial charge in [0.05, 0.1) is 0 Å². The summed E-state index contributed by atoms with van der Waals surface area (Å²) in [4.78, 5) is 13.0. The van der Waals surface area contributed by atoms with Crippen molar-refractivity contribution in [1.29, 1.82) is 0 Å². The van der Waals surface area contributed by atoms with E-state index in [2.05, 4.69) is 11.2 Å². The second-order valence-corrected chi connectivity index (χ2v) is 2.19. The van der Waals surface area contributed by atoms with Gasteiger partial charge in [0.2, 0.25) is 0 Å². The van der Waals surface area contributed by atoms with Gasteiger partial charge >= 0.3 is 0 Å². The molecule has 2 nitrogen and oxygen atoms in total. The Balaban J connectivity index is -0.000000176. The maximum Gasteiger partial charge on any atom is 0.136 e. The van der Waals surface area contributed by atoms with Gasteiger partial charge in [-0.15, -0.1) is 6.20 Å². The van der Waals surface area contributed by atoms with E-state index in [4.69, 9.17) is 0 Å². The molecule has 0 fully saturated rings. The van der Waals surface area contributed by atoms with Crippen molar-refractivity contribution in [1.82, 2.24) is 4.98 Å². The quantitative estimate of drug-likeness (QED) is 0.722. The Bertz CT molecular complexity index is 245. The summed E-state index contributed by atoms with van der Waals surface area (Å²) in [6.07, 6.45) is 4.56. The molecule has 1 radical (unpaired) electrons. The molecule has 3 heteroatoms. The molecule has 1 N–H and O–H groups in total. The Morgan fingerprint density at radius 3 is 2.00 bits per heavy atom. The summed E-state index contributed by atoms with van der Waals surface area (Å²) in [5, 5.41) is 0. The van der Waals surface area contributed by atoms with E-state index in [9.17, 15) is 4.79 Å². The average molecular weight is 270 g/mol. The van der Waals surface area contributed by atoms with Crippen molar-refractivity contribution in [3.63, 3.8) is 0 Å². The van der Waals surface area contributed by atoms with Crippen molar-refractivity contribution < 1.29 is 32.7 Å². The van der Waals surface area contributed by atoms with Crippen LogP contribution < -0.4 is 5.56 Å². The van der Waals surface area contributed by atoms with Crippen LogP contribution in [0.15, 0.2) is 16.9 Å². The molecule has 0 bridgehead atoms.